The van der Waals surface area contributed by atoms with E-state index >= 15 is 0 Å². The summed E-state index contributed by atoms with van der Waals surface area (Å²) in [6, 6.07) is 96.9. The maximum atomic E-state index is 12.0. The quantitative estimate of drug-likeness (QED) is 0.112. The Balaban J connectivity index is 0.000000130. The summed E-state index contributed by atoms with van der Waals surface area (Å²) in [6.07, 6.45) is 8.25. The third-order valence-corrected chi connectivity index (χ3v) is 25.2. The number of benzene rings is 12. The summed E-state index contributed by atoms with van der Waals surface area (Å²) in [6.45, 7) is 29.0. The number of carbonyl (C=O) groups excluding carboxylic acids is 6. The predicted molar refractivity (Wildman–Crippen MR) is 512 cm³/mol. The van der Waals surface area contributed by atoms with Crippen LogP contribution >= 0.6 is 69.6 Å². The highest BCUT2D eigenvalue weighted by molar-refractivity contribution is 6.32. The monoisotopic (exact) mass is 1780 g/mol. The van der Waals surface area contributed by atoms with Gasteiger partial charge < -0.3 is 29.4 Å². The van der Waals surface area contributed by atoms with Gasteiger partial charge in [0.1, 0.15) is 0 Å². The largest absolute Gasteiger partial charge is 0.334 e. The van der Waals surface area contributed by atoms with Crippen LogP contribution in [0.4, 0.5) is 0 Å². The van der Waals surface area contributed by atoms with Crippen LogP contribution in [0.25, 0.3) is 0 Å². The molecule has 6 amide bonds. The minimum absolute atomic E-state index is 0.0310. The van der Waals surface area contributed by atoms with Crippen molar-refractivity contribution in [3.63, 3.8) is 0 Å². The van der Waals surface area contributed by atoms with E-state index in [2.05, 4.69) is 124 Å². The molecule has 12 aromatic rings. The Bertz CT molecular complexity index is 5550. The van der Waals surface area contributed by atoms with Crippen LogP contribution in [0.2, 0.25) is 30.1 Å². The molecule has 0 aliphatic carbocycles. The van der Waals surface area contributed by atoms with Crippen LogP contribution < -0.4 is 0 Å². The van der Waals surface area contributed by atoms with Crippen molar-refractivity contribution in [2.75, 3.05) is 39.3 Å². The lowest BCUT2D eigenvalue weighted by Gasteiger charge is -2.35. The van der Waals surface area contributed by atoms with Gasteiger partial charge in [-0.1, -0.05) is 340 Å². The summed E-state index contributed by atoms with van der Waals surface area (Å²) >= 11 is 37.4. The van der Waals surface area contributed by atoms with Crippen molar-refractivity contribution < 1.29 is 28.8 Å². The number of carbonyl (C=O) groups is 6. The Labute approximate surface area is 768 Å². The van der Waals surface area contributed by atoms with Gasteiger partial charge in [-0.2, -0.15) is 0 Å². The zero-order valence-electron chi connectivity index (χ0n) is 69.8. The summed E-state index contributed by atoms with van der Waals surface area (Å²) in [4.78, 5) is 83.0. The number of nitrogens with zero attached hydrogens (tertiary/aromatic N) is 6. The Morgan fingerprint density at radius 3 is 0.698 bits per heavy atom. The molecule has 18 heteroatoms. The van der Waals surface area contributed by atoms with E-state index in [0.29, 0.717) is 88.6 Å². The van der Waals surface area contributed by atoms with Crippen molar-refractivity contribution in [1.29, 1.82) is 0 Å². The molecule has 18 rings (SSSR count). The minimum atomic E-state index is -0.0402. The maximum Gasteiger partial charge on any atom is 0.246 e. The fourth-order valence-corrected chi connectivity index (χ4v) is 18.9. The third-order valence-electron chi connectivity index (χ3n) is 23.6. The Kier molecular flexibility index (Phi) is 31.5. The SMILES string of the molecule is C=CC(=O)N1Cc2cc(Cl)ccc2[C@@H](c2ccccc2)C1.C=CC(=O)N1Cc2cc(Cl)ccc2[C@H](c2ccccc2)C1.C=CC(=O)N1Cc2ccc(Cl)cc2[C@@H](c2ccccc2)C1.C=CC(=O)N1Cc2ccc(Cl)cc2[C@H](c2ccccc2)C1.C=CC(=O)N1Cc2cccc(Cl)c2[C@@H](c2ccccc2)C1.C=CC(=O)N1Cc2cccc(Cl)c2[C@H](c2ccccc2)C1. The normalized spacial score (nSPS) is 17.2. The molecule has 12 aromatic carbocycles. The molecule has 0 aromatic heterocycles. The van der Waals surface area contributed by atoms with Gasteiger partial charge in [-0.25, -0.2) is 0 Å². The minimum Gasteiger partial charge on any atom is -0.334 e. The number of rotatable bonds is 12. The van der Waals surface area contributed by atoms with Crippen LogP contribution in [0.3, 0.4) is 0 Å². The fraction of sp³-hybridized carbons (Fsp3) is 0.167. The predicted octanol–water partition coefficient (Wildman–Crippen LogP) is 24.0. The van der Waals surface area contributed by atoms with Crippen molar-refractivity contribution in [3.05, 3.63) is 497 Å². The highest BCUT2D eigenvalue weighted by atomic mass is 35.5. The first-order valence-corrected chi connectivity index (χ1v) is 43.9. The first-order valence-electron chi connectivity index (χ1n) is 41.6. The van der Waals surface area contributed by atoms with Gasteiger partial charge in [0, 0.05) is 144 Å². The molecule has 12 nitrogen and oxygen atoms in total. The van der Waals surface area contributed by atoms with E-state index in [-0.39, 0.29) is 71.0 Å². The number of hydrogen-bond donors (Lipinski definition) is 0. The molecule has 636 valence electrons. The number of hydrogen-bond acceptors (Lipinski definition) is 6. The summed E-state index contributed by atoms with van der Waals surface area (Å²) in [5.74, 6) is 0.640. The van der Waals surface area contributed by atoms with Crippen LogP contribution in [0, 0.1) is 0 Å². The molecule has 6 heterocycles. The topological polar surface area (TPSA) is 122 Å². The van der Waals surface area contributed by atoms with E-state index in [1.807, 2.05) is 236 Å². The van der Waals surface area contributed by atoms with E-state index in [1.165, 1.54) is 92.1 Å². The molecule has 6 atom stereocenters. The number of fused-ring (bicyclic) bond motifs is 6. The molecule has 0 unspecified atom stereocenters. The van der Waals surface area contributed by atoms with Gasteiger partial charge in [0.2, 0.25) is 35.4 Å². The van der Waals surface area contributed by atoms with Crippen molar-refractivity contribution in [2.24, 2.45) is 0 Å². The van der Waals surface area contributed by atoms with Crippen molar-refractivity contribution in [1.82, 2.24) is 29.4 Å². The first-order chi connectivity index (χ1) is 61.1. The molecule has 0 saturated carbocycles. The Hall–Kier alpha value is -12.4. The first kappa shape index (κ1) is 91.3. The zero-order valence-corrected chi connectivity index (χ0v) is 74.3. The molecule has 126 heavy (non-hydrogen) atoms. The van der Waals surface area contributed by atoms with Crippen molar-refractivity contribution >= 4 is 105 Å². The fourth-order valence-electron chi connectivity index (χ4n) is 17.5. The number of halogens is 6. The molecule has 0 N–H and O–H groups in total. The smallest absolute Gasteiger partial charge is 0.246 e. The van der Waals surface area contributed by atoms with E-state index in [0.717, 1.165) is 64.6 Å². The van der Waals surface area contributed by atoms with Gasteiger partial charge in [-0.05, 0) is 197 Å². The van der Waals surface area contributed by atoms with Crippen molar-refractivity contribution in [2.45, 2.75) is 74.8 Å². The second-order valence-corrected chi connectivity index (χ2v) is 33.9. The van der Waals surface area contributed by atoms with Gasteiger partial charge in [0.15, 0.2) is 0 Å². The van der Waals surface area contributed by atoms with E-state index < -0.39 is 0 Å². The van der Waals surface area contributed by atoms with Crippen molar-refractivity contribution in [3.8, 4) is 0 Å². The van der Waals surface area contributed by atoms with E-state index in [9.17, 15) is 28.8 Å². The Morgan fingerprint density at radius 2 is 0.437 bits per heavy atom. The van der Waals surface area contributed by atoms with E-state index in [4.69, 9.17) is 69.6 Å². The third kappa shape index (κ3) is 22.3. The van der Waals surface area contributed by atoms with Gasteiger partial charge in [-0.15, -0.1) is 0 Å². The lowest BCUT2D eigenvalue weighted by molar-refractivity contribution is -0.127. The van der Waals surface area contributed by atoms with Gasteiger partial charge in [0.05, 0.1) is 0 Å². The molecule has 6 aliphatic heterocycles. The molecular weight excluding hydrogens is 1690 g/mol. The van der Waals surface area contributed by atoms with Crippen LogP contribution in [-0.4, -0.2) is 104 Å². The Morgan fingerprint density at radius 1 is 0.222 bits per heavy atom. The van der Waals surface area contributed by atoms with Gasteiger partial charge in [0.25, 0.3) is 0 Å². The zero-order chi connectivity index (χ0) is 88.9. The molecule has 0 radical (unpaired) electrons. The molecule has 6 aliphatic rings. The van der Waals surface area contributed by atoms with Gasteiger partial charge >= 0.3 is 0 Å². The van der Waals surface area contributed by atoms with Crippen LogP contribution in [0.1, 0.15) is 136 Å². The average molecular weight is 1790 g/mol. The second-order valence-electron chi connectivity index (χ2n) is 31.3. The highest BCUT2D eigenvalue weighted by Gasteiger charge is 2.36. The number of amides is 6. The summed E-state index contributed by atoms with van der Waals surface area (Å²) in [7, 11) is 0. The van der Waals surface area contributed by atoms with Crippen LogP contribution in [0.15, 0.2) is 367 Å². The summed E-state index contributed by atoms with van der Waals surface area (Å²) in [5, 5.41) is 4.41. The molecule has 0 spiro atoms. The van der Waals surface area contributed by atoms with Gasteiger partial charge in [-0.3, -0.25) is 28.8 Å². The van der Waals surface area contributed by atoms with Crippen LogP contribution in [0.5, 0.6) is 0 Å². The lowest BCUT2D eigenvalue weighted by Crippen LogP contribution is -2.37. The molecule has 0 saturated heterocycles. The molecule has 0 bridgehead atoms. The standard InChI is InChI=1S/6C18H16ClNO/c2*1-2-17(21)20-11-14-9-6-10-16(19)18(14)15(12-20)13-7-4-3-5-8-13;2*1-2-18(21)20-11-14-10-15(19)8-9-16(14)17(12-20)13-6-4-3-5-7-13;2*1-2-18(21)20-11-14-8-9-15(19)10-16(14)17(12-20)13-6-4-3-5-7-13/h2*2-10,15H,1,11-12H2;4*2-10,17H,1,11-12H2/t2*15-;4*17-/m101010/s1. The summed E-state index contributed by atoms with van der Waals surface area (Å²) < 4.78 is 0. The lowest BCUT2D eigenvalue weighted by atomic mass is 9.84. The van der Waals surface area contributed by atoms with E-state index in [1.54, 1.807) is 0 Å². The van der Waals surface area contributed by atoms with Crippen LogP contribution in [-0.2, 0) is 68.0 Å². The highest BCUT2D eigenvalue weighted by Crippen LogP contribution is 2.43. The second kappa shape index (κ2) is 43.5. The summed E-state index contributed by atoms with van der Waals surface area (Å²) in [5.41, 5.74) is 21.1. The average Bonchev–Trinajstić information content (AvgIpc) is 0.794. The molecular formula is C108H96Cl6N6O6. The molecule has 0 fully saturated rings. The maximum absolute atomic E-state index is 12.0.